The Balaban J connectivity index is 1.65. The maximum Gasteiger partial charge on any atom is 0.312 e. The number of hydrogen-bond donors (Lipinski definition) is 1. The van der Waals surface area contributed by atoms with Crippen molar-refractivity contribution >= 4 is 16.0 Å². The first-order chi connectivity index (χ1) is 17.5. The van der Waals surface area contributed by atoms with E-state index >= 15 is 0 Å². The molecular formula is C27H36N4O5S. The molecule has 3 aromatic rings. The maximum absolute atomic E-state index is 13.5. The number of carboxylic acid groups (broad SMARTS) is 1. The van der Waals surface area contributed by atoms with E-state index < -0.39 is 27.5 Å². The number of sulfonamides is 1. The number of aliphatic carboxylic acids is 1. The quantitative estimate of drug-likeness (QED) is 0.449. The van der Waals surface area contributed by atoms with Gasteiger partial charge in [-0.25, -0.2) is 8.42 Å². The largest absolute Gasteiger partial charge is 0.481 e. The molecule has 0 saturated carbocycles. The van der Waals surface area contributed by atoms with Crippen LogP contribution in [0.2, 0.25) is 0 Å². The van der Waals surface area contributed by atoms with Gasteiger partial charge in [0.1, 0.15) is 4.90 Å². The molecule has 2 aromatic heterocycles. The average molecular weight is 529 g/mol. The molecule has 9 nitrogen and oxygen atoms in total. The summed E-state index contributed by atoms with van der Waals surface area (Å²) in [4.78, 5) is 16.5. The molecule has 10 heteroatoms. The van der Waals surface area contributed by atoms with Crippen molar-refractivity contribution in [3.8, 4) is 0 Å². The predicted octanol–water partition coefficient (Wildman–Crippen LogP) is 4.06. The molecule has 37 heavy (non-hydrogen) atoms. The number of aryl methyl sites for hydroxylation is 3. The van der Waals surface area contributed by atoms with Gasteiger partial charge in [-0.1, -0.05) is 18.2 Å². The second-order valence-electron chi connectivity index (χ2n) is 10.2. The number of pyridine rings is 1. The molecule has 0 amide bonds. The zero-order valence-corrected chi connectivity index (χ0v) is 23.0. The Morgan fingerprint density at radius 2 is 2.03 bits per heavy atom. The van der Waals surface area contributed by atoms with E-state index in [0.717, 1.165) is 28.9 Å². The Morgan fingerprint density at radius 3 is 2.70 bits per heavy atom. The summed E-state index contributed by atoms with van der Waals surface area (Å²) in [5.74, 6) is -0.968. The predicted molar refractivity (Wildman–Crippen MR) is 139 cm³/mol. The van der Waals surface area contributed by atoms with Crippen molar-refractivity contribution in [2.24, 2.45) is 12.5 Å². The Bertz CT molecular complexity index is 1390. The van der Waals surface area contributed by atoms with Gasteiger partial charge in [-0.2, -0.15) is 4.31 Å². The van der Waals surface area contributed by atoms with Gasteiger partial charge < -0.3 is 9.84 Å². The van der Waals surface area contributed by atoms with Crippen LogP contribution in [0.4, 0.5) is 0 Å². The number of fused-ring (bicyclic) bond motifs is 1. The normalized spacial score (nSPS) is 16.8. The van der Waals surface area contributed by atoms with Crippen molar-refractivity contribution < 1.29 is 23.1 Å². The number of nitrogens with zero attached hydrogens (tertiary/aromatic N) is 4. The zero-order chi connectivity index (χ0) is 27.0. The third kappa shape index (κ3) is 5.23. The maximum atomic E-state index is 13.5. The minimum absolute atomic E-state index is 0.190. The topological polar surface area (TPSA) is 107 Å². The van der Waals surface area contributed by atoms with E-state index in [9.17, 15) is 18.3 Å². The van der Waals surface area contributed by atoms with Crippen LogP contribution < -0.4 is 0 Å². The molecule has 3 heterocycles. The zero-order valence-electron chi connectivity index (χ0n) is 22.1. The molecule has 0 bridgehead atoms. The summed E-state index contributed by atoms with van der Waals surface area (Å²) in [6, 6.07) is 7.45. The van der Waals surface area contributed by atoms with E-state index in [2.05, 4.69) is 11.9 Å². The summed E-state index contributed by atoms with van der Waals surface area (Å²) in [6.45, 7) is 8.98. The lowest BCUT2D eigenvalue weighted by Gasteiger charge is -2.33. The van der Waals surface area contributed by atoms with Gasteiger partial charge in [-0.15, -0.1) is 0 Å². The summed E-state index contributed by atoms with van der Waals surface area (Å²) >= 11 is 0. The van der Waals surface area contributed by atoms with Crippen LogP contribution in [0.1, 0.15) is 61.2 Å². The van der Waals surface area contributed by atoms with Crippen molar-refractivity contribution in [2.75, 3.05) is 6.54 Å². The number of rotatable bonds is 9. The standard InChI is InChI=1S/C27H36N4O5S/c1-6-30-17-23(29(30)5)18-36-25(27(3,4)26(32)33)21-10-9-19(2)22(14-21)16-31-13-7-8-20-11-12-28-15-24(20)37(31,34)35/h9-12,14-15,17,25H,6-8,13,16,18H2,1-5H3,(H,32,33). The third-order valence-electron chi connectivity index (χ3n) is 7.39. The highest BCUT2D eigenvalue weighted by Crippen LogP contribution is 2.39. The lowest BCUT2D eigenvalue weighted by Crippen LogP contribution is -2.34. The van der Waals surface area contributed by atoms with Crippen LogP contribution in [0.5, 0.6) is 0 Å². The number of ether oxygens (including phenoxy) is 1. The van der Waals surface area contributed by atoms with E-state index in [1.807, 2.05) is 47.7 Å². The molecule has 0 saturated heterocycles. The summed E-state index contributed by atoms with van der Waals surface area (Å²) in [5, 5.41) is 10.0. The monoisotopic (exact) mass is 528 g/mol. The van der Waals surface area contributed by atoms with E-state index in [1.165, 1.54) is 10.5 Å². The molecule has 1 unspecified atom stereocenters. The molecule has 1 aliphatic rings. The van der Waals surface area contributed by atoms with Gasteiger partial charge in [0.15, 0.2) is 0 Å². The SMILES string of the molecule is CCn1cc(COC(c2ccc(C)c(CN3CCCc4ccncc4S3(=O)=O)c2)C(C)(C)C(=O)O)n1C. The lowest BCUT2D eigenvalue weighted by molar-refractivity contribution is -0.158. The summed E-state index contributed by atoms with van der Waals surface area (Å²) in [5.41, 5.74) is 3.00. The van der Waals surface area contributed by atoms with E-state index in [1.54, 1.807) is 26.1 Å². The highest BCUT2D eigenvalue weighted by Gasteiger charge is 2.39. The first-order valence-electron chi connectivity index (χ1n) is 12.5. The number of carbonyl (C=O) groups is 1. The second kappa shape index (κ2) is 10.4. The molecule has 1 aliphatic heterocycles. The average Bonchev–Trinajstić information content (AvgIpc) is 2.98. The third-order valence-corrected chi connectivity index (χ3v) is 9.31. The molecular weight excluding hydrogens is 492 g/mol. The Labute approximate surface area is 218 Å². The van der Waals surface area contributed by atoms with Gasteiger partial charge in [0.25, 0.3) is 0 Å². The summed E-state index contributed by atoms with van der Waals surface area (Å²) in [6.07, 6.45) is 5.69. The summed E-state index contributed by atoms with van der Waals surface area (Å²) in [7, 11) is -1.77. The summed E-state index contributed by atoms with van der Waals surface area (Å²) < 4.78 is 38.7. The number of carboxylic acids is 1. The van der Waals surface area contributed by atoms with Crippen molar-refractivity contribution in [1.82, 2.24) is 18.7 Å². The van der Waals surface area contributed by atoms with Crippen molar-refractivity contribution in [2.45, 2.75) is 71.2 Å². The van der Waals surface area contributed by atoms with Crippen molar-refractivity contribution in [1.29, 1.82) is 0 Å². The Hall–Kier alpha value is -2.95. The molecule has 200 valence electrons. The van der Waals surface area contributed by atoms with Crippen LogP contribution in [0.15, 0.2) is 47.8 Å². The van der Waals surface area contributed by atoms with Gasteiger partial charge in [0, 0.05) is 45.3 Å². The number of benzene rings is 1. The van der Waals surface area contributed by atoms with Crippen LogP contribution in [-0.4, -0.2) is 44.7 Å². The molecule has 1 N–H and O–H groups in total. The number of hydrogen-bond acceptors (Lipinski definition) is 5. The van der Waals surface area contributed by atoms with E-state index in [-0.39, 0.29) is 18.0 Å². The Morgan fingerprint density at radius 1 is 1.27 bits per heavy atom. The van der Waals surface area contributed by atoms with Crippen LogP contribution in [0.25, 0.3) is 0 Å². The highest BCUT2D eigenvalue weighted by molar-refractivity contribution is 7.89. The fourth-order valence-corrected chi connectivity index (χ4v) is 6.47. The van der Waals surface area contributed by atoms with Crippen molar-refractivity contribution in [3.63, 3.8) is 0 Å². The molecule has 1 aromatic carbocycles. The fraction of sp³-hybridized carbons (Fsp3) is 0.481. The number of aromatic nitrogens is 3. The van der Waals surface area contributed by atoms with Gasteiger partial charge in [0.05, 0.1) is 23.8 Å². The van der Waals surface area contributed by atoms with Crippen molar-refractivity contribution in [3.05, 3.63) is 70.8 Å². The molecule has 4 rings (SSSR count). The molecule has 0 fully saturated rings. The lowest BCUT2D eigenvalue weighted by atomic mass is 9.81. The minimum Gasteiger partial charge on any atom is -0.481 e. The highest BCUT2D eigenvalue weighted by atomic mass is 32.2. The first kappa shape index (κ1) is 27.1. The van der Waals surface area contributed by atoms with Gasteiger partial charge >= 0.3 is 5.97 Å². The van der Waals surface area contributed by atoms with Crippen LogP contribution in [-0.2, 0) is 52.7 Å². The second-order valence-corrected chi connectivity index (χ2v) is 12.1. The van der Waals surface area contributed by atoms with Gasteiger partial charge in [-0.05, 0) is 68.9 Å². The first-order valence-corrected chi connectivity index (χ1v) is 14.0. The minimum atomic E-state index is -3.71. The van der Waals surface area contributed by atoms with Crippen LogP contribution in [0.3, 0.4) is 0 Å². The Kier molecular flexibility index (Phi) is 7.64. The molecule has 0 spiro atoms. The van der Waals surface area contributed by atoms with Crippen LogP contribution >= 0.6 is 0 Å². The fourth-order valence-electron chi connectivity index (χ4n) is 4.82. The molecule has 0 aliphatic carbocycles. The molecule has 1 atom stereocenters. The van der Waals surface area contributed by atoms with Gasteiger partial charge in [0.2, 0.25) is 10.0 Å². The molecule has 0 radical (unpaired) electrons. The van der Waals surface area contributed by atoms with Crippen LogP contribution in [0, 0.1) is 12.3 Å². The van der Waals surface area contributed by atoms with Gasteiger partial charge in [-0.3, -0.25) is 19.1 Å². The van der Waals surface area contributed by atoms with E-state index in [4.69, 9.17) is 4.74 Å². The van der Waals surface area contributed by atoms with E-state index in [0.29, 0.717) is 24.9 Å². The smallest absolute Gasteiger partial charge is 0.312 e.